The van der Waals surface area contributed by atoms with E-state index in [2.05, 4.69) is 20.2 Å². The molecule has 1 N–H and O–H groups in total. The summed E-state index contributed by atoms with van der Waals surface area (Å²) in [5.41, 5.74) is 1.89. The van der Waals surface area contributed by atoms with Crippen LogP contribution in [0.15, 0.2) is 59.5 Å². The van der Waals surface area contributed by atoms with Gasteiger partial charge in [0, 0.05) is 5.56 Å². The number of hydrogen-bond acceptors (Lipinski definition) is 7. The van der Waals surface area contributed by atoms with Crippen molar-refractivity contribution in [3.63, 3.8) is 0 Å². The molecule has 0 unspecified atom stereocenters. The molecule has 0 amide bonds. The number of aryl methyl sites for hydroxylation is 1. The van der Waals surface area contributed by atoms with Crippen molar-refractivity contribution < 1.29 is 17.9 Å². The molecule has 9 nitrogen and oxygen atoms in total. The summed E-state index contributed by atoms with van der Waals surface area (Å²) in [4.78, 5) is 0.220. The molecule has 2 fully saturated rings. The van der Waals surface area contributed by atoms with E-state index >= 15 is 0 Å². The molecule has 2 aliphatic rings. The fourth-order valence-electron chi connectivity index (χ4n) is 3.97. The summed E-state index contributed by atoms with van der Waals surface area (Å²) in [6, 6.07) is 15.6. The molecule has 2 aromatic carbocycles. The Morgan fingerprint density at radius 2 is 1.73 bits per heavy atom. The van der Waals surface area contributed by atoms with Crippen molar-refractivity contribution in [3.8, 4) is 11.4 Å². The number of benzene rings is 2. The SMILES string of the molecule is Cc1ccc(S(=O)(=O)N[C@H]2CO[C@H]3[C@@H]2OC[C@@H]3n2nnnc2-c2ccccc2)cc1. The molecule has 10 heteroatoms. The Hall–Kier alpha value is -2.66. The summed E-state index contributed by atoms with van der Waals surface area (Å²) in [6.07, 6.45) is -0.760. The topological polar surface area (TPSA) is 108 Å². The molecular weight excluding hydrogens is 406 g/mol. The smallest absolute Gasteiger partial charge is 0.240 e. The first-order valence-corrected chi connectivity index (χ1v) is 11.2. The third kappa shape index (κ3) is 3.41. The van der Waals surface area contributed by atoms with Gasteiger partial charge in [-0.15, -0.1) is 5.10 Å². The molecular formula is C20H21N5O4S. The second-order valence-corrected chi connectivity index (χ2v) is 9.23. The van der Waals surface area contributed by atoms with Crippen molar-refractivity contribution in [2.24, 2.45) is 0 Å². The van der Waals surface area contributed by atoms with Crippen molar-refractivity contribution in [1.82, 2.24) is 24.9 Å². The summed E-state index contributed by atoms with van der Waals surface area (Å²) >= 11 is 0. The lowest BCUT2D eigenvalue weighted by Crippen LogP contribution is -2.44. The van der Waals surface area contributed by atoms with Crippen molar-refractivity contribution in [3.05, 3.63) is 60.2 Å². The number of rotatable bonds is 5. The summed E-state index contributed by atoms with van der Waals surface area (Å²) in [6.45, 7) is 2.47. The Morgan fingerprint density at radius 3 is 2.50 bits per heavy atom. The van der Waals surface area contributed by atoms with Crippen molar-refractivity contribution in [2.75, 3.05) is 13.2 Å². The van der Waals surface area contributed by atoms with Gasteiger partial charge in [0.15, 0.2) is 5.82 Å². The van der Waals surface area contributed by atoms with E-state index in [0.717, 1.165) is 11.1 Å². The van der Waals surface area contributed by atoms with Gasteiger partial charge in [0.2, 0.25) is 10.0 Å². The highest BCUT2D eigenvalue weighted by molar-refractivity contribution is 7.89. The van der Waals surface area contributed by atoms with Crippen molar-refractivity contribution in [1.29, 1.82) is 0 Å². The maximum absolute atomic E-state index is 12.8. The first-order chi connectivity index (χ1) is 14.5. The summed E-state index contributed by atoms with van der Waals surface area (Å²) < 4.78 is 41.9. The van der Waals surface area contributed by atoms with E-state index in [-0.39, 0.29) is 23.6 Å². The molecule has 3 aromatic rings. The van der Waals surface area contributed by atoms with E-state index in [1.54, 1.807) is 28.9 Å². The normalized spacial score (nSPS) is 26.0. The standard InChI is InChI=1S/C20H21N5O4S/c1-13-7-9-15(10-8-13)30(26,27)22-16-11-28-19-17(12-29-18(16)19)25-20(21-23-24-25)14-5-3-2-4-6-14/h2-10,16-19,22H,11-12H2,1H3/t16-,17-,18+,19+/m0/s1. The fourth-order valence-corrected chi connectivity index (χ4v) is 5.20. The Kier molecular flexibility index (Phi) is 4.86. The number of ether oxygens (including phenoxy) is 2. The molecule has 0 aliphatic carbocycles. The average molecular weight is 427 g/mol. The van der Waals surface area contributed by atoms with Crippen LogP contribution < -0.4 is 4.72 Å². The average Bonchev–Trinajstić information content (AvgIpc) is 3.46. The van der Waals surface area contributed by atoms with E-state index in [0.29, 0.717) is 12.4 Å². The molecule has 2 aliphatic heterocycles. The van der Waals surface area contributed by atoms with Crippen LogP contribution in [-0.4, -0.2) is 60.1 Å². The van der Waals surface area contributed by atoms with Gasteiger partial charge in [-0.2, -0.15) is 0 Å². The maximum Gasteiger partial charge on any atom is 0.240 e. The lowest BCUT2D eigenvalue weighted by molar-refractivity contribution is 0.0626. The van der Waals surface area contributed by atoms with Gasteiger partial charge in [-0.05, 0) is 29.5 Å². The van der Waals surface area contributed by atoms with Crippen LogP contribution in [0, 0.1) is 6.92 Å². The Balaban J connectivity index is 1.35. The van der Waals surface area contributed by atoms with Crippen molar-refractivity contribution >= 4 is 10.0 Å². The van der Waals surface area contributed by atoms with Gasteiger partial charge in [0.05, 0.1) is 24.2 Å². The zero-order valence-corrected chi connectivity index (χ0v) is 17.1. The second kappa shape index (κ2) is 7.55. The van der Waals surface area contributed by atoms with Crippen LogP contribution in [0.2, 0.25) is 0 Å². The molecule has 0 bridgehead atoms. The minimum atomic E-state index is -3.68. The van der Waals surface area contributed by atoms with Crippen LogP contribution in [0.4, 0.5) is 0 Å². The third-order valence-corrected chi connectivity index (χ3v) is 7.01. The van der Waals surface area contributed by atoms with Gasteiger partial charge in [0.25, 0.3) is 0 Å². The van der Waals surface area contributed by atoms with Gasteiger partial charge < -0.3 is 9.47 Å². The summed E-state index contributed by atoms with van der Waals surface area (Å²) in [5.74, 6) is 0.622. The number of nitrogens with one attached hydrogen (secondary N) is 1. The lowest BCUT2D eigenvalue weighted by Gasteiger charge is -2.18. The second-order valence-electron chi connectivity index (χ2n) is 7.52. The lowest BCUT2D eigenvalue weighted by atomic mass is 10.1. The number of hydrogen-bond donors (Lipinski definition) is 1. The molecule has 5 rings (SSSR count). The monoisotopic (exact) mass is 427 g/mol. The van der Waals surface area contributed by atoms with Crippen molar-refractivity contribution in [2.45, 2.75) is 36.1 Å². The highest BCUT2D eigenvalue weighted by atomic mass is 32.2. The van der Waals surface area contributed by atoms with Crippen LogP contribution in [0.1, 0.15) is 11.6 Å². The molecule has 0 saturated carbocycles. The van der Waals surface area contributed by atoms with Crippen LogP contribution >= 0.6 is 0 Å². The molecule has 4 atom stereocenters. The summed E-state index contributed by atoms with van der Waals surface area (Å²) in [7, 11) is -3.68. The number of fused-ring (bicyclic) bond motifs is 1. The van der Waals surface area contributed by atoms with Gasteiger partial charge in [-0.1, -0.05) is 48.0 Å². The Labute approximate surface area is 174 Å². The zero-order chi connectivity index (χ0) is 20.7. The van der Waals surface area contributed by atoms with E-state index in [4.69, 9.17) is 9.47 Å². The molecule has 1 aromatic heterocycles. The number of nitrogens with zero attached hydrogens (tertiary/aromatic N) is 4. The molecule has 156 valence electrons. The van der Waals surface area contributed by atoms with Crippen LogP contribution in [0.3, 0.4) is 0 Å². The highest BCUT2D eigenvalue weighted by Gasteiger charge is 2.50. The van der Waals surface area contributed by atoms with Gasteiger partial charge in [-0.25, -0.2) is 17.8 Å². The zero-order valence-electron chi connectivity index (χ0n) is 16.2. The predicted molar refractivity (Wildman–Crippen MR) is 107 cm³/mol. The van der Waals surface area contributed by atoms with Gasteiger partial charge in [0.1, 0.15) is 18.2 Å². The van der Waals surface area contributed by atoms with Gasteiger partial charge in [-0.3, -0.25) is 0 Å². The van der Waals surface area contributed by atoms with Crippen LogP contribution in [0.5, 0.6) is 0 Å². The Bertz CT molecular complexity index is 1130. The quantitative estimate of drug-likeness (QED) is 0.654. The van der Waals surface area contributed by atoms with E-state index in [9.17, 15) is 8.42 Å². The molecule has 0 radical (unpaired) electrons. The summed E-state index contributed by atoms with van der Waals surface area (Å²) in [5, 5.41) is 12.1. The molecule has 3 heterocycles. The maximum atomic E-state index is 12.8. The number of sulfonamides is 1. The van der Waals surface area contributed by atoms with Crippen LogP contribution in [0.25, 0.3) is 11.4 Å². The third-order valence-electron chi connectivity index (χ3n) is 5.50. The molecule has 2 saturated heterocycles. The largest absolute Gasteiger partial charge is 0.371 e. The van der Waals surface area contributed by atoms with Crippen LogP contribution in [-0.2, 0) is 19.5 Å². The first-order valence-electron chi connectivity index (χ1n) is 9.68. The first kappa shape index (κ1) is 19.3. The van der Waals surface area contributed by atoms with E-state index < -0.39 is 22.2 Å². The van der Waals surface area contributed by atoms with Gasteiger partial charge >= 0.3 is 0 Å². The van der Waals surface area contributed by atoms with E-state index in [1.165, 1.54) is 0 Å². The minimum Gasteiger partial charge on any atom is -0.371 e. The Morgan fingerprint density at radius 1 is 1.00 bits per heavy atom. The predicted octanol–water partition coefficient (Wildman–Crippen LogP) is 1.33. The minimum absolute atomic E-state index is 0.220. The van der Waals surface area contributed by atoms with E-state index in [1.807, 2.05) is 37.3 Å². The number of aromatic nitrogens is 4. The highest BCUT2D eigenvalue weighted by Crippen LogP contribution is 2.36. The number of tetrazole rings is 1. The fraction of sp³-hybridized carbons (Fsp3) is 0.350. The molecule has 30 heavy (non-hydrogen) atoms. The molecule has 0 spiro atoms.